The first kappa shape index (κ1) is 11.1. The number of ether oxygens (including phenoxy) is 1. The van der Waals surface area contributed by atoms with Crippen LogP contribution in [0.2, 0.25) is 0 Å². The zero-order valence-corrected chi connectivity index (χ0v) is 7.01. The molecule has 0 aromatic heterocycles. The van der Waals surface area contributed by atoms with Crippen LogP contribution in [0.25, 0.3) is 0 Å². The van der Waals surface area contributed by atoms with Crippen LogP contribution in [0, 0.1) is 5.41 Å². The standard InChI is InChI=1S/C4H8BrNO.ClH/c1-2-7-4(6)3-5;/h6H,2-3H2,1H3;1H. The Bertz CT molecular complexity index is 69.1. The zero-order valence-electron chi connectivity index (χ0n) is 4.61. The van der Waals surface area contributed by atoms with E-state index in [-0.39, 0.29) is 12.4 Å². The van der Waals surface area contributed by atoms with Gasteiger partial charge in [-0.05, 0) is 6.92 Å². The van der Waals surface area contributed by atoms with Crippen LogP contribution in [-0.4, -0.2) is 17.8 Å². The van der Waals surface area contributed by atoms with E-state index in [1.165, 1.54) is 0 Å². The van der Waals surface area contributed by atoms with Crippen molar-refractivity contribution in [2.75, 3.05) is 11.9 Å². The summed E-state index contributed by atoms with van der Waals surface area (Å²) in [6.45, 7) is 2.45. The third kappa shape index (κ3) is 6.24. The molecule has 0 saturated carbocycles. The summed E-state index contributed by atoms with van der Waals surface area (Å²) in [5.74, 6) is 0.294. The van der Waals surface area contributed by atoms with Crippen molar-refractivity contribution in [3.05, 3.63) is 0 Å². The Balaban J connectivity index is 0. The maximum absolute atomic E-state index is 6.87. The molecule has 0 unspecified atom stereocenters. The Hall–Kier alpha value is 0.240. The Morgan fingerprint density at radius 1 is 1.75 bits per heavy atom. The molecule has 0 fully saturated rings. The van der Waals surface area contributed by atoms with Gasteiger partial charge in [-0.3, -0.25) is 5.41 Å². The Labute approximate surface area is 63.7 Å². The topological polar surface area (TPSA) is 33.1 Å². The largest absolute Gasteiger partial charge is 0.481 e. The van der Waals surface area contributed by atoms with Gasteiger partial charge in [-0.2, -0.15) is 0 Å². The second-order valence-electron chi connectivity index (χ2n) is 0.990. The normalized spacial score (nSPS) is 7.25. The smallest absolute Gasteiger partial charge is 0.191 e. The maximum atomic E-state index is 6.87. The van der Waals surface area contributed by atoms with Crippen LogP contribution in [0.3, 0.4) is 0 Å². The van der Waals surface area contributed by atoms with Gasteiger partial charge in [0.05, 0.1) is 11.9 Å². The summed E-state index contributed by atoms with van der Waals surface area (Å²) < 4.78 is 4.73. The van der Waals surface area contributed by atoms with E-state index in [2.05, 4.69) is 15.9 Å². The van der Waals surface area contributed by atoms with Gasteiger partial charge in [-0.15, -0.1) is 12.4 Å². The van der Waals surface area contributed by atoms with Gasteiger partial charge < -0.3 is 4.74 Å². The molecule has 0 atom stereocenters. The van der Waals surface area contributed by atoms with Crippen LogP contribution in [0.5, 0.6) is 0 Å². The van der Waals surface area contributed by atoms with Crippen molar-refractivity contribution >= 4 is 34.2 Å². The van der Waals surface area contributed by atoms with Crippen LogP contribution in [-0.2, 0) is 4.74 Å². The molecule has 0 spiro atoms. The lowest BCUT2D eigenvalue weighted by Gasteiger charge is -1.96. The van der Waals surface area contributed by atoms with Crippen molar-refractivity contribution in [2.24, 2.45) is 0 Å². The fourth-order valence-corrected chi connectivity index (χ4v) is 0.375. The Kier molecular flexibility index (Phi) is 10.0. The first-order valence-electron chi connectivity index (χ1n) is 2.07. The van der Waals surface area contributed by atoms with Gasteiger partial charge in [0.25, 0.3) is 0 Å². The maximum Gasteiger partial charge on any atom is 0.191 e. The van der Waals surface area contributed by atoms with E-state index < -0.39 is 0 Å². The molecule has 50 valence electrons. The molecule has 0 aliphatic rings. The molecule has 4 heteroatoms. The fraction of sp³-hybridized carbons (Fsp3) is 0.750. The highest BCUT2D eigenvalue weighted by Crippen LogP contribution is 1.83. The van der Waals surface area contributed by atoms with Gasteiger partial charge in [-0.1, -0.05) is 15.9 Å². The van der Waals surface area contributed by atoms with Gasteiger partial charge in [0.2, 0.25) is 0 Å². The highest BCUT2D eigenvalue weighted by atomic mass is 79.9. The number of halogens is 2. The number of alkyl halides is 1. The summed E-state index contributed by atoms with van der Waals surface area (Å²) in [6, 6.07) is 0. The lowest BCUT2D eigenvalue weighted by Crippen LogP contribution is -2.02. The molecular formula is C4H9BrClNO. The lowest BCUT2D eigenvalue weighted by atomic mass is 10.7. The van der Waals surface area contributed by atoms with Gasteiger partial charge in [-0.25, -0.2) is 0 Å². The van der Waals surface area contributed by atoms with Crippen LogP contribution in [0.15, 0.2) is 0 Å². The summed E-state index contributed by atoms with van der Waals surface area (Å²) in [5.41, 5.74) is 0. The summed E-state index contributed by atoms with van der Waals surface area (Å²) in [4.78, 5) is 0. The molecule has 0 bridgehead atoms. The van der Waals surface area contributed by atoms with Crippen molar-refractivity contribution < 1.29 is 4.74 Å². The highest BCUT2D eigenvalue weighted by molar-refractivity contribution is 9.09. The molecule has 0 heterocycles. The van der Waals surface area contributed by atoms with Crippen molar-refractivity contribution in [3.63, 3.8) is 0 Å². The van der Waals surface area contributed by atoms with Gasteiger partial charge in [0, 0.05) is 0 Å². The lowest BCUT2D eigenvalue weighted by molar-refractivity contribution is 0.323. The molecule has 0 aromatic rings. The molecule has 0 saturated heterocycles. The van der Waals surface area contributed by atoms with E-state index >= 15 is 0 Å². The van der Waals surface area contributed by atoms with Crippen molar-refractivity contribution in [1.29, 1.82) is 5.41 Å². The number of rotatable bonds is 2. The highest BCUT2D eigenvalue weighted by Gasteiger charge is 1.87. The molecule has 0 radical (unpaired) electrons. The summed E-state index contributed by atoms with van der Waals surface area (Å²) in [7, 11) is 0. The van der Waals surface area contributed by atoms with E-state index in [4.69, 9.17) is 10.1 Å². The second-order valence-corrected chi connectivity index (χ2v) is 1.55. The minimum atomic E-state index is 0. The monoisotopic (exact) mass is 201 g/mol. The fourth-order valence-electron chi connectivity index (χ4n) is 0.213. The Morgan fingerprint density at radius 2 is 2.25 bits per heavy atom. The average Bonchev–Trinajstić information content (AvgIpc) is 1.68. The number of nitrogens with one attached hydrogen (secondary N) is 1. The molecule has 0 aromatic carbocycles. The van der Waals surface area contributed by atoms with Crippen LogP contribution >= 0.6 is 28.3 Å². The van der Waals surface area contributed by atoms with E-state index in [1.54, 1.807) is 0 Å². The minimum Gasteiger partial charge on any atom is -0.481 e. The molecular weight excluding hydrogens is 193 g/mol. The van der Waals surface area contributed by atoms with Crippen LogP contribution in [0.4, 0.5) is 0 Å². The van der Waals surface area contributed by atoms with Crippen molar-refractivity contribution in [1.82, 2.24) is 0 Å². The second kappa shape index (κ2) is 7.24. The SMILES string of the molecule is CCOC(=N)CBr.Cl. The van der Waals surface area contributed by atoms with Gasteiger partial charge in [0.15, 0.2) is 5.90 Å². The summed E-state index contributed by atoms with van der Waals surface area (Å²) >= 11 is 3.07. The first-order valence-corrected chi connectivity index (χ1v) is 3.19. The van der Waals surface area contributed by atoms with E-state index in [0.717, 1.165) is 0 Å². The van der Waals surface area contributed by atoms with E-state index in [9.17, 15) is 0 Å². The van der Waals surface area contributed by atoms with Crippen molar-refractivity contribution in [2.45, 2.75) is 6.92 Å². The third-order valence-electron chi connectivity index (χ3n) is 0.440. The molecule has 2 nitrogen and oxygen atoms in total. The van der Waals surface area contributed by atoms with Gasteiger partial charge >= 0.3 is 0 Å². The molecule has 1 N–H and O–H groups in total. The quantitative estimate of drug-likeness (QED) is 0.414. The molecule has 0 aliphatic heterocycles. The van der Waals surface area contributed by atoms with Gasteiger partial charge in [0.1, 0.15) is 0 Å². The molecule has 0 aliphatic carbocycles. The van der Waals surface area contributed by atoms with Crippen LogP contribution < -0.4 is 0 Å². The van der Waals surface area contributed by atoms with Crippen molar-refractivity contribution in [3.8, 4) is 0 Å². The van der Waals surface area contributed by atoms with Crippen LogP contribution in [0.1, 0.15) is 6.92 Å². The molecule has 0 amide bonds. The Morgan fingerprint density at radius 3 is 2.38 bits per heavy atom. The van der Waals surface area contributed by atoms with E-state index in [1.807, 2.05) is 6.92 Å². The predicted octanol–water partition coefficient (Wildman–Crippen LogP) is 1.82. The molecule has 0 rings (SSSR count). The number of hydrogen-bond donors (Lipinski definition) is 1. The minimum absolute atomic E-state index is 0. The van der Waals surface area contributed by atoms with E-state index in [0.29, 0.717) is 17.8 Å². The number of hydrogen-bond acceptors (Lipinski definition) is 2. The zero-order chi connectivity index (χ0) is 5.70. The third-order valence-corrected chi connectivity index (χ3v) is 0.949. The first-order chi connectivity index (χ1) is 3.31. The predicted molar refractivity (Wildman–Crippen MR) is 40.4 cm³/mol. The molecule has 8 heavy (non-hydrogen) atoms. The average molecular weight is 202 g/mol. The summed E-state index contributed by atoms with van der Waals surface area (Å²) in [6.07, 6.45) is 0. The summed E-state index contributed by atoms with van der Waals surface area (Å²) in [5, 5.41) is 7.38.